The molecule has 1 aliphatic rings. The minimum Gasteiger partial charge on any atom is -0.443 e. The Hall–Kier alpha value is -0.730. The maximum atomic E-state index is 11.8. The van der Waals surface area contributed by atoms with Gasteiger partial charge in [-0.05, 0) is 27.7 Å². The highest BCUT2D eigenvalue weighted by Crippen LogP contribution is 2.36. The number of nitrogens with zero attached hydrogens (tertiary/aromatic N) is 1. The molecule has 1 rings (SSSR count). The van der Waals surface area contributed by atoms with Crippen molar-refractivity contribution in [3.63, 3.8) is 0 Å². The second kappa shape index (κ2) is 3.39. The molecule has 0 N–H and O–H groups in total. The molecule has 1 saturated heterocycles. The smallest absolute Gasteiger partial charge is 0.410 e. The van der Waals surface area contributed by atoms with E-state index >= 15 is 0 Å². The molecule has 0 aliphatic carbocycles. The predicted octanol–water partition coefficient (Wildman–Crippen LogP) is 3.04. The van der Waals surface area contributed by atoms with Gasteiger partial charge in [-0.1, -0.05) is 20.8 Å². The highest BCUT2D eigenvalue weighted by Gasteiger charge is 2.48. The van der Waals surface area contributed by atoms with Crippen LogP contribution in [0.25, 0.3) is 0 Å². The van der Waals surface area contributed by atoms with Gasteiger partial charge in [-0.3, -0.25) is 4.90 Å². The van der Waals surface area contributed by atoms with Gasteiger partial charge in [0.2, 0.25) is 0 Å². The zero-order valence-corrected chi connectivity index (χ0v) is 10.9. The molecule has 0 aromatic heterocycles. The van der Waals surface area contributed by atoms with E-state index in [4.69, 9.17) is 4.74 Å². The van der Waals surface area contributed by atoms with E-state index < -0.39 is 0 Å². The van der Waals surface area contributed by atoms with Crippen molar-refractivity contribution in [3.05, 3.63) is 0 Å². The van der Waals surface area contributed by atoms with Crippen LogP contribution in [0.4, 0.5) is 4.79 Å². The Morgan fingerprint density at radius 3 is 1.80 bits per heavy atom. The summed E-state index contributed by atoms with van der Waals surface area (Å²) in [6.07, 6.45) is -0.209. The maximum absolute atomic E-state index is 11.8. The summed E-state index contributed by atoms with van der Waals surface area (Å²) in [4.78, 5) is 13.6. The molecule has 0 spiro atoms. The van der Waals surface area contributed by atoms with Gasteiger partial charge < -0.3 is 4.74 Å². The molecular formula is C12H23NO2. The summed E-state index contributed by atoms with van der Waals surface area (Å²) in [5, 5.41) is 0. The Kier molecular flexibility index (Phi) is 2.79. The van der Waals surface area contributed by atoms with Crippen molar-refractivity contribution < 1.29 is 9.53 Å². The first-order valence-electron chi connectivity index (χ1n) is 5.55. The molecule has 0 bridgehead atoms. The molecule has 0 aromatic carbocycles. The Morgan fingerprint density at radius 1 is 1.13 bits per heavy atom. The van der Waals surface area contributed by atoms with Crippen LogP contribution in [0.5, 0.6) is 0 Å². The zero-order chi connectivity index (χ0) is 12.0. The van der Waals surface area contributed by atoms with Gasteiger partial charge >= 0.3 is 6.09 Å². The first-order chi connectivity index (χ1) is 6.55. The van der Waals surface area contributed by atoms with Crippen LogP contribution in [0.1, 0.15) is 48.5 Å². The van der Waals surface area contributed by atoms with Crippen LogP contribution in [0.2, 0.25) is 0 Å². The first kappa shape index (κ1) is 12.3. The fraction of sp³-hybridized carbons (Fsp3) is 0.917. The fourth-order valence-corrected chi connectivity index (χ4v) is 2.35. The van der Waals surface area contributed by atoms with Crippen molar-refractivity contribution in [2.75, 3.05) is 0 Å². The lowest BCUT2D eigenvalue weighted by Crippen LogP contribution is -2.48. The standard InChI is InChI=1S/C12H23NO2/c1-8-9(11(2,3)4)15-10(14)13(8)12(5,6)7/h8-9H,1-7H3/t8-,9+/m0/s1. The van der Waals surface area contributed by atoms with E-state index in [1.54, 1.807) is 0 Å². The number of carbonyl (C=O) groups is 1. The number of carbonyl (C=O) groups excluding carboxylic acids is 1. The average Bonchev–Trinajstić information content (AvgIpc) is 2.22. The lowest BCUT2D eigenvalue weighted by Gasteiger charge is -2.36. The van der Waals surface area contributed by atoms with E-state index in [2.05, 4.69) is 27.7 Å². The van der Waals surface area contributed by atoms with E-state index in [9.17, 15) is 4.79 Å². The van der Waals surface area contributed by atoms with Crippen molar-refractivity contribution in [1.29, 1.82) is 0 Å². The molecule has 1 fully saturated rings. The quantitative estimate of drug-likeness (QED) is 0.619. The molecule has 3 nitrogen and oxygen atoms in total. The van der Waals surface area contributed by atoms with Crippen LogP contribution in [-0.2, 0) is 4.74 Å². The van der Waals surface area contributed by atoms with Gasteiger partial charge in [0, 0.05) is 11.0 Å². The average molecular weight is 213 g/mol. The van der Waals surface area contributed by atoms with Crippen molar-refractivity contribution in [1.82, 2.24) is 4.90 Å². The van der Waals surface area contributed by atoms with Crippen LogP contribution in [-0.4, -0.2) is 28.7 Å². The van der Waals surface area contributed by atoms with Crippen LogP contribution in [0.15, 0.2) is 0 Å². The van der Waals surface area contributed by atoms with Gasteiger partial charge in [0.05, 0.1) is 6.04 Å². The molecule has 2 atom stereocenters. The number of cyclic esters (lactones) is 1. The molecule has 3 heteroatoms. The molecule has 1 aliphatic heterocycles. The summed E-state index contributed by atoms with van der Waals surface area (Å²) < 4.78 is 5.46. The molecule has 0 saturated carbocycles. The minimum absolute atomic E-state index is 0.00488. The summed E-state index contributed by atoms with van der Waals surface area (Å²) in [6.45, 7) is 14.5. The predicted molar refractivity (Wildman–Crippen MR) is 60.8 cm³/mol. The maximum Gasteiger partial charge on any atom is 0.410 e. The van der Waals surface area contributed by atoms with E-state index in [0.29, 0.717) is 0 Å². The summed E-state index contributed by atoms with van der Waals surface area (Å²) in [5.41, 5.74) is -0.175. The molecule has 15 heavy (non-hydrogen) atoms. The molecular weight excluding hydrogens is 190 g/mol. The van der Waals surface area contributed by atoms with Crippen LogP contribution >= 0.6 is 0 Å². The zero-order valence-electron chi connectivity index (χ0n) is 10.9. The topological polar surface area (TPSA) is 29.5 Å². The normalized spacial score (nSPS) is 28.2. The molecule has 88 valence electrons. The summed E-state index contributed by atoms with van der Waals surface area (Å²) in [5.74, 6) is 0. The Morgan fingerprint density at radius 2 is 1.60 bits per heavy atom. The van der Waals surface area contributed by atoms with E-state index in [1.165, 1.54) is 0 Å². The Bertz CT molecular complexity index is 260. The highest BCUT2D eigenvalue weighted by molar-refractivity contribution is 5.71. The van der Waals surface area contributed by atoms with Crippen LogP contribution in [0, 0.1) is 5.41 Å². The monoisotopic (exact) mass is 213 g/mol. The number of hydrogen-bond acceptors (Lipinski definition) is 2. The van der Waals surface area contributed by atoms with Gasteiger partial charge in [-0.15, -0.1) is 0 Å². The summed E-state index contributed by atoms with van der Waals surface area (Å²) >= 11 is 0. The van der Waals surface area contributed by atoms with Gasteiger partial charge in [-0.25, -0.2) is 4.79 Å². The van der Waals surface area contributed by atoms with E-state index in [0.717, 1.165) is 0 Å². The second-order valence-electron chi connectivity index (χ2n) is 6.45. The van der Waals surface area contributed by atoms with Crippen molar-refractivity contribution in [3.8, 4) is 0 Å². The van der Waals surface area contributed by atoms with Gasteiger partial charge in [0.1, 0.15) is 6.10 Å². The summed E-state index contributed by atoms with van der Waals surface area (Å²) in [7, 11) is 0. The van der Waals surface area contributed by atoms with E-state index in [-0.39, 0.29) is 29.2 Å². The number of ether oxygens (including phenoxy) is 1. The van der Waals surface area contributed by atoms with Crippen molar-refractivity contribution in [2.45, 2.75) is 66.2 Å². The minimum atomic E-state index is -0.185. The van der Waals surface area contributed by atoms with Crippen LogP contribution < -0.4 is 0 Å². The lowest BCUT2D eigenvalue weighted by atomic mass is 9.84. The molecule has 0 unspecified atom stereocenters. The molecule has 1 amide bonds. The third-order valence-corrected chi connectivity index (χ3v) is 2.85. The Labute approximate surface area is 92.8 Å². The van der Waals surface area contributed by atoms with Crippen LogP contribution in [0.3, 0.4) is 0 Å². The second-order valence-corrected chi connectivity index (χ2v) is 6.45. The third-order valence-electron chi connectivity index (χ3n) is 2.85. The van der Waals surface area contributed by atoms with E-state index in [1.807, 2.05) is 25.7 Å². The SMILES string of the molecule is C[C@H]1[C@H](C(C)(C)C)OC(=O)N1C(C)(C)C. The highest BCUT2D eigenvalue weighted by atomic mass is 16.6. The van der Waals surface area contributed by atoms with Crippen molar-refractivity contribution >= 4 is 6.09 Å². The molecule has 1 heterocycles. The Balaban J connectivity index is 2.94. The van der Waals surface area contributed by atoms with Gasteiger partial charge in [-0.2, -0.15) is 0 Å². The number of amides is 1. The lowest BCUT2D eigenvalue weighted by molar-refractivity contribution is 0.0574. The summed E-state index contributed by atoms with van der Waals surface area (Å²) in [6, 6.07) is 0.137. The number of hydrogen-bond donors (Lipinski definition) is 0. The largest absolute Gasteiger partial charge is 0.443 e. The van der Waals surface area contributed by atoms with Crippen molar-refractivity contribution in [2.24, 2.45) is 5.41 Å². The number of rotatable bonds is 0. The third kappa shape index (κ3) is 2.27. The fourth-order valence-electron chi connectivity index (χ4n) is 2.35. The van der Waals surface area contributed by atoms with Gasteiger partial charge in [0.15, 0.2) is 0 Å². The molecule has 0 aromatic rings. The first-order valence-corrected chi connectivity index (χ1v) is 5.55. The molecule has 0 radical (unpaired) electrons. The van der Waals surface area contributed by atoms with Gasteiger partial charge in [0.25, 0.3) is 0 Å².